The molecule has 131 valence electrons. The van der Waals surface area contributed by atoms with Crippen LogP contribution in [0.3, 0.4) is 0 Å². The Balaban J connectivity index is 0.00000208. The normalized spacial score (nSPS) is 31.8. The van der Waals surface area contributed by atoms with E-state index in [1.54, 1.807) is 11.8 Å². The summed E-state index contributed by atoms with van der Waals surface area (Å²) in [7, 11) is 0. The van der Waals surface area contributed by atoms with Crippen LogP contribution in [0.4, 0.5) is 0 Å². The maximum Gasteiger partial charge on any atom is 0.164 e. The van der Waals surface area contributed by atoms with E-state index in [-0.39, 0.29) is 51.0 Å². The summed E-state index contributed by atoms with van der Waals surface area (Å²) >= 11 is 1.67. The fraction of sp³-hybridized carbons (Fsp3) is 0.750. The molecule has 0 unspecified atom stereocenters. The standard InChI is InChI=1S/C16H24N3O3S.Y/c1-5-6-23-15-17-9(2)7-12(19-15)18-10-8-11(20)14-13(10)21-16(3,4)22-14;/h10-11,13-14,20H,5-6,8H2,1-4H3,(H,17,18,19);/q-1;/t10-,11+,13+,14-;/m1./s1. The van der Waals surface area contributed by atoms with Crippen LogP contribution in [0, 0.1) is 13.0 Å². The molecule has 0 spiro atoms. The molecule has 2 N–H and O–H groups in total. The third-order valence-corrected chi connectivity index (χ3v) is 5.02. The summed E-state index contributed by atoms with van der Waals surface area (Å²) < 4.78 is 11.7. The minimum Gasteiger partial charge on any atom is -0.405 e. The van der Waals surface area contributed by atoms with Crippen LogP contribution in [0.2, 0.25) is 0 Å². The first-order chi connectivity index (χ1) is 10.9. The van der Waals surface area contributed by atoms with Crippen molar-refractivity contribution >= 4 is 11.8 Å². The summed E-state index contributed by atoms with van der Waals surface area (Å²) in [6.07, 6.45) is 0.510. The molecule has 2 aliphatic rings. The Kier molecular flexibility index (Phi) is 7.07. The number of aliphatic hydroxyl groups is 1. The summed E-state index contributed by atoms with van der Waals surface area (Å²) in [4.78, 5) is 12.4. The number of aromatic amines is 1. The topological polar surface area (TPSA) is 79.7 Å². The van der Waals surface area contributed by atoms with Gasteiger partial charge in [0.15, 0.2) is 10.9 Å². The van der Waals surface area contributed by atoms with Crippen molar-refractivity contribution in [1.29, 1.82) is 0 Å². The van der Waals surface area contributed by atoms with E-state index in [1.165, 1.54) is 0 Å². The monoisotopic (exact) mass is 427 g/mol. The third kappa shape index (κ3) is 4.68. The summed E-state index contributed by atoms with van der Waals surface area (Å²) in [5, 5.41) is 11.0. The number of nitrogens with zero attached hydrogens (tertiary/aromatic N) is 2. The fourth-order valence-corrected chi connectivity index (χ4v) is 3.82. The van der Waals surface area contributed by atoms with E-state index >= 15 is 0 Å². The fourth-order valence-electron chi connectivity index (χ4n) is 3.05. The predicted octanol–water partition coefficient (Wildman–Crippen LogP) is 1.57. The van der Waals surface area contributed by atoms with E-state index in [0.717, 1.165) is 23.0 Å². The third-order valence-electron chi connectivity index (χ3n) is 3.94. The van der Waals surface area contributed by atoms with E-state index in [1.807, 2.05) is 20.8 Å². The molecule has 0 aromatic carbocycles. The molecule has 3 rings (SSSR count). The predicted molar refractivity (Wildman–Crippen MR) is 87.0 cm³/mol. The van der Waals surface area contributed by atoms with Crippen molar-refractivity contribution in [2.45, 2.75) is 75.8 Å². The van der Waals surface area contributed by atoms with Crippen LogP contribution >= 0.6 is 11.8 Å². The van der Waals surface area contributed by atoms with Gasteiger partial charge < -0.3 is 25.6 Å². The molecule has 1 saturated heterocycles. The first-order valence-corrected chi connectivity index (χ1v) is 9.07. The van der Waals surface area contributed by atoms with Gasteiger partial charge in [-0.2, -0.15) is 5.69 Å². The number of hydrogen-bond donors (Lipinski definition) is 2. The molecule has 1 radical (unpaired) electrons. The van der Waals surface area contributed by atoms with E-state index in [4.69, 9.17) is 9.47 Å². The summed E-state index contributed by atoms with van der Waals surface area (Å²) in [6, 6.07) is 2.98. The largest absolute Gasteiger partial charge is 0.405 e. The number of aromatic nitrogens is 2. The maximum atomic E-state index is 10.2. The molecule has 6 nitrogen and oxygen atoms in total. The summed E-state index contributed by atoms with van der Waals surface area (Å²) in [5.41, 5.74) is 1.46. The molecule has 1 aliphatic heterocycles. The van der Waals surface area contributed by atoms with Crippen molar-refractivity contribution in [3.8, 4) is 0 Å². The molecule has 4 atom stereocenters. The van der Waals surface area contributed by atoms with E-state index < -0.39 is 11.9 Å². The van der Waals surface area contributed by atoms with Gasteiger partial charge in [-0.1, -0.05) is 25.6 Å². The van der Waals surface area contributed by atoms with Gasteiger partial charge in [0.25, 0.3) is 0 Å². The average Bonchev–Trinajstić information content (AvgIpc) is 2.92. The smallest absolute Gasteiger partial charge is 0.164 e. The SMILES string of the molecule is CCCSc1nc(=N[C@@H]2C[C@H](O)[C@H]3OC(C)(C)O[C@H]32)[c-]c(C)[nH]1.[Y]. The second kappa shape index (κ2) is 8.27. The van der Waals surface area contributed by atoms with Crippen molar-refractivity contribution < 1.29 is 47.3 Å². The molecule has 0 amide bonds. The number of fused-ring (bicyclic) bond motifs is 1. The number of aryl methyl sites for hydroxylation is 1. The Morgan fingerprint density at radius 2 is 2.12 bits per heavy atom. The first-order valence-electron chi connectivity index (χ1n) is 8.08. The van der Waals surface area contributed by atoms with Crippen LogP contribution in [-0.2, 0) is 42.2 Å². The van der Waals surface area contributed by atoms with Crippen LogP contribution in [0.5, 0.6) is 0 Å². The second-order valence-electron chi connectivity index (χ2n) is 6.53. The zero-order valence-corrected chi connectivity index (χ0v) is 18.2. The molecule has 2 fully saturated rings. The van der Waals surface area contributed by atoms with Crippen molar-refractivity contribution in [2.75, 3.05) is 5.75 Å². The van der Waals surface area contributed by atoms with E-state index in [0.29, 0.717) is 11.9 Å². The summed E-state index contributed by atoms with van der Waals surface area (Å²) in [6.45, 7) is 7.81. The molecule has 0 bridgehead atoms. The Morgan fingerprint density at radius 3 is 2.83 bits per heavy atom. The van der Waals surface area contributed by atoms with Crippen LogP contribution in [0.15, 0.2) is 10.1 Å². The zero-order valence-electron chi connectivity index (χ0n) is 14.6. The molecular formula is C16H24N3O3SY-. The van der Waals surface area contributed by atoms with Gasteiger partial charge in [0, 0.05) is 44.9 Å². The Morgan fingerprint density at radius 1 is 1.42 bits per heavy atom. The molecule has 2 heterocycles. The number of thioether (sulfide) groups is 1. The van der Waals surface area contributed by atoms with Gasteiger partial charge in [-0.3, -0.25) is 4.99 Å². The van der Waals surface area contributed by atoms with Crippen LogP contribution in [0.1, 0.15) is 39.3 Å². The number of nitrogens with one attached hydrogen (secondary N) is 1. The molecule has 8 heteroatoms. The van der Waals surface area contributed by atoms with Gasteiger partial charge >= 0.3 is 0 Å². The number of H-pyrrole nitrogens is 1. The second-order valence-corrected chi connectivity index (χ2v) is 7.61. The molecule has 1 saturated carbocycles. The molecule has 1 aromatic heterocycles. The van der Waals surface area contributed by atoms with Crippen LogP contribution in [0.25, 0.3) is 0 Å². The number of ether oxygens (including phenoxy) is 2. The van der Waals surface area contributed by atoms with Gasteiger partial charge in [-0.25, -0.2) is 4.98 Å². The minimum absolute atomic E-state index is 0. The van der Waals surface area contributed by atoms with Gasteiger partial charge in [0.2, 0.25) is 0 Å². The van der Waals surface area contributed by atoms with Gasteiger partial charge in [-0.15, -0.1) is 0 Å². The van der Waals surface area contributed by atoms with Crippen molar-refractivity contribution in [1.82, 2.24) is 9.97 Å². The number of aliphatic hydroxyl groups excluding tert-OH is 1. The van der Waals surface area contributed by atoms with E-state index in [9.17, 15) is 5.11 Å². The van der Waals surface area contributed by atoms with Crippen molar-refractivity contribution in [3.63, 3.8) is 0 Å². The van der Waals surface area contributed by atoms with Gasteiger partial charge in [0.1, 0.15) is 12.2 Å². The Labute approximate surface area is 172 Å². The molecular weight excluding hydrogens is 403 g/mol. The molecule has 1 aliphatic carbocycles. The van der Waals surface area contributed by atoms with Crippen LogP contribution in [-0.4, -0.2) is 51.0 Å². The minimum atomic E-state index is -0.676. The molecule has 24 heavy (non-hydrogen) atoms. The van der Waals surface area contributed by atoms with Gasteiger partial charge in [-0.05, 0) is 25.8 Å². The van der Waals surface area contributed by atoms with Crippen molar-refractivity contribution in [3.05, 3.63) is 17.2 Å². The summed E-state index contributed by atoms with van der Waals surface area (Å²) in [5.74, 6) is 0.328. The quantitative estimate of drug-likeness (QED) is 0.433. The van der Waals surface area contributed by atoms with E-state index in [2.05, 4.69) is 28.0 Å². The first kappa shape index (κ1) is 20.5. The van der Waals surface area contributed by atoms with Crippen LogP contribution < -0.4 is 5.49 Å². The Hall–Kier alpha value is 0.214. The number of hydrogen-bond acceptors (Lipinski definition) is 6. The number of rotatable bonds is 4. The Bertz CT molecular complexity index is 637. The van der Waals surface area contributed by atoms with Crippen molar-refractivity contribution in [2.24, 2.45) is 4.99 Å². The zero-order chi connectivity index (χ0) is 16.6. The maximum absolute atomic E-state index is 10.2. The molecule has 1 aromatic rings. The average molecular weight is 427 g/mol. The van der Waals surface area contributed by atoms with Gasteiger partial charge in [0.05, 0.1) is 12.1 Å².